The lowest BCUT2D eigenvalue weighted by atomic mass is 10.1. The molecule has 0 fully saturated rings. The predicted molar refractivity (Wildman–Crippen MR) is 97.7 cm³/mol. The average molecular weight is 409 g/mol. The molecule has 8 heteroatoms. The first-order valence-corrected chi connectivity index (χ1v) is 9.61. The number of hydrogen-bond donors (Lipinski definition) is 0. The van der Waals surface area contributed by atoms with Gasteiger partial charge in [0.1, 0.15) is 5.82 Å². The van der Waals surface area contributed by atoms with Crippen LogP contribution >= 0.6 is 0 Å². The number of benzene rings is 3. The van der Waals surface area contributed by atoms with E-state index in [9.17, 15) is 26.0 Å². The van der Waals surface area contributed by atoms with E-state index in [1.807, 2.05) is 0 Å². The number of alkyl halides is 3. The fourth-order valence-corrected chi connectivity index (χ4v) is 4.08. The van der Waals surface area contributed by atoms with E-state index in [2.05, 4.69) is 0 Å². The predicted octanol–water partition coefficient (Wildman–Crippen LogP) is 5.24. The SMILES string of the molecule is O=S(=O)(c1ccccc1)N(Cc1ccc(C(F)(F)F)cc1)c1ccc(F)cc1. The van der Waals surface area contributed by atoms with Gasteiger partial charge in [0.15, 0.2) is 0 Å². The Morgan fingerprint density at radius 2 is 1.36 bits per heavy atom. The van der Waals surface area contributed by atoms with Crippen molar-refractivity contribution >= 4 is 15.7 Å². The summed E-state index contributed by atoms with van der Waals surface area (Å²) >= 11 is 0. The van der Waals surface area contributed by atoms with Crippen molar-refractivity contribution in [1.82, 2.24) is 0 Å². The highest BCUT2D eigenvalue weighted by atomic mass is 32.2. The Bertz CT molecular complexity index is 1030. The number of nitrogens with zero attached hydrogens (tertiary/aromatic N) is 1. The molecule has 0 aliphatic carbocycles. The number of sulfonamides is 1. The summed E-state index contributed by atoms with van der Waals surface area (Å²) in [6.07, 6.45) is -4.48. The van der Waals surface area contributed by atoms with Crippen molar-refractivity contribution in [2.24, 2.45) is 0 Å². The number of halogens is 4. The summed E-state index contributed by atoms with van der Waals surface area (Å²) in [6.45, 7) is -0.207. The van der Waals surface area contributed by atoms with Gasteiger partial charge in [-0.25, -0.2) is 12.8 Å². The molecule has 0 aliphatic rings. The van der Waals surface area contributed by atoms with E-state index in [1.165, 1.54) is 36.4 Å². The first kappa shape index (κ1) is 19.9. The number of hydrogen-bond acceptors (Lipinski definition) is 2. The van der Waals surface area contributed by atoms with Gasteiger partial charge in [0, 0.05) is 0 Å². The summed E-state index contributed by atoms with van der Waals surface area (Å²) in [5.74, 6) is -0.532. The maximum absolute atomic E-state index is 13.3. The molecule has 0 heterocycles. The van der Waals surface area contributed by atoms with Gasteiger partial charge in [-0.1, -0.05) is 30.3 Å². The summed E-state index contributed by atoms with van der Waals surface area (Å²) < 4.78 is 78.8. The number of rotatable bonds is 5. The second-order valence-electron chi connectivity index (χ2n) is 6.00. The molecule has 0 amide bonds. The fourth-order valence-electron chi connectivity index (χ4n) is 2.61. The third kappa shape index (κ3) is 4.33. The molecule has 0 aromatic heterocycles. The zero-order chi connectivity index (χ0) is 20.4. The summed E-state index contributed by atoms with van der Waals surface area (Å²) in [4.78, 5) is 0.0197. The van der Waals surface area contributed by atoms with E-state index in [4.69, 9.17) is 0 Å². The van der Waals surface area contributed by atoms with Crippen LogP contribution in [0.1, 0.15) is 11.1 Å². The van der Waals surface area contributed by atoms with Gasteiger partial charge in [0.2, 0.25) is 0 Å². The van der Waals surface area contributed by atoms with Crippen molar-refractivity contribution in [3.63, 3.8) is 0 Å². The molecule has 3 rings (SSSR count). The molecular weight excluding hydrogens is 394 g/mol. The largest absolute Gasteiger partial charge is 0.416 e. The molecule has 0 aliphatic heterocycles. The van der Waals surface area contributed by atoms with Crippen LogP contribution in [0.3, 0.4) is 0 Å². The van der Waals surface area contributed by atoms with Crippen LogP contribution < -0.4 is 4.31 Å². The van der Waals surface area contributed by atoms with Gasteiger partial charge in [0.25, 0.3) is 10.0 Å². The normalized spacial score (nSPS) is 12.0. The second kappa shape index (κ2) is 7.63. The third-order valence-electron chi connectivity index (χ3n) is 4.05. The Morgan fingerprint density at radius 3 is 1.89 bits per heavy atom. The zero-order valence-electron chi connectivity index (χ0n) is 14.4. The van der Waals surface area contributed by atoms with E-state index in [0.717, 1.165) is 28.6 Å². The van der Waals surface area contributed by atoms with Crippen LogP contribution in [0.4, 0.5) is 23.2 Å². The molecule has 0 N–H and O–H groups in total. The summed E-state index contributed by atoms with van der Waals surface area (Å²) in [6, 6.07) is 16.7. The minimum Gasteiger partial charge on any atom is -0.262 e. The smallest absolute Gasteiger partial charge is 0.262 e. The van der Waals surface area contributed by atoms with E-state index in [0.29, 0.717) is 5.56 Å². The van der Waals surface area contributed by atoms with Crippen molar-refractivity contribution in [2.45, 2.75) is 17.6 Å². The topological polar surface area (TPSA) is 37.4 Å². The maximum Gasteiger partial charge on any atom is 0.416 e. The fraction of sp³-hybridized carbons (Fsp3) is 0.100. The van der Waals surface area contributed by atoms with E-state index in [1.54, 1.807) is 18.2 Å². The van der Waals surface area contributed by atoms with Gasteiger partial charge in [-0.2, -0.15) is 13.2 Å². The zero-order valence-corrected chi connectivity index (χ0v) is 15.2. The Hall–Kier alpha value is -2.87. The molecule has 0 spiro atoms. The standard InChI is InChI=1S/C20H15F4NO2S/c21-17-10-12-18(13-11-17)25(28(26,27)19-4-2-1-3-5-19)14-15-6-8-16(9-7-15)20(22,23)24/h1-13H,14H2. The molecule has 28 heavy (non-hydrogen) atoms. The average Bonchev–Trinajstić information content (AvgIpc) is 2.67. The summed E-state index contributed by atoms with van der Waals surface area (Å²) in [7, 11) is -4.02. The van der Waals surface area contributed by atoms with Crippen LogP contribution in [0.15, 0.2) is 83.8 Å². The molecule has 0 saturated carbocycles. The molecule has 146 valence electrons. The van der Waals surface area contributed by atoms with Crippen LogP contribution in [0.5, 0.6) is 0 Å². The molecule has 0 atom stereocenters. The molecule has 0 bridgehead atoms. The van der Waals surface area contributed by atoms with Crippen LogP contribution in [0, 0.1) is 5.82 Å². The van der Waals surface area contributed by atoms with Crippen molar-refractivity contribution in [1.29, 1.82) is 0 Å². The lowest BCUT2D eigenvalue weighted by Gasteiger charge is -2.25. The quantitative estimate of drug-likeness (QED) is 0.541. The monoisotopic (exact) mass is 409 g/mol. The van der Waals surface area contributed by atoms with Crippen molar-refractivity contribution < 1.29 is 26.0 Å². The Kier molecular flexibility index (Phi) is 5.42. The van der Waals surface area contributed by atoms with Crippen molar-refractivity contribution in [3.8, 4) is 0 Å². The van der Waals surface area contributed by atoms with Gasteiger partial charge in [-0.05, 0) is 54.1 Å². The van der Waals surface area contributed by atoms with Gasteiger partial charge >= 0.3 is 6.18 Å². The van der Waals surface area contributed by atoms with Crippen LogP contribution in [-0.4, -0.2) is 8.42 Å². The minimum atomic E-state index is -4.48. The first-order valence-electron chi connectivity index (χ1n) is 8.17. The van der Waals surface area contributed by atoms with Crippen molar-refractivity contribution in [2.75, 3.05) is 4.31 Å². The lowest BCUT2D eigenvalue weighted by molar-refractivity contribution is -0.137. The highest BCUT2D eigenvalue weighted by Crippen LogP contribution is 2.30. The van der Waals surface area contributed by atoms with Crippen LogP contribution in [-0.2, 0) is 22.7 Å². The Labute approximate surface area is 159 Å². The molecule has 0 unspecified atom stereocenters. The molecule has 0 radical (unpaired) electrons. The van der Waals surface area contributed by atoms with Gasteiger partial charge in [0.05, 0.1) is 22.7 Å². The number of anilines is 1. The van der Waals surface area contributed by atoms with E-state index in [-0.39, 0.29) is 17.1 Å². The Balaban J connectivity index is 2.01. The second-order valence-corrected chi connectivity index (χ2v) is 7.86. The molecule has 0 saturated heterocycles. The highest BCUT2D eigenvalue weighted by molar-refractivity contribution is 7.92. The minimum absolute atomic E-state index is 0.0197. The van der Waals surface area contributed by atoms with E-state index < -0.39 is 27.6 Å². The highest BCUT2D eigenvalue weighted by Gasteiger charge is 2.30. The molecule has 3 aromatic carbocycles. The Morgan fingerprint density at radius 1 is 0.786 bits per heavy atom. The summed E-state index contributed by atoms with van der Waals surface area (Å²) in [5.41, 5.74) is -0.266. The molecule has 3 aromatic rings. The third-order valence-corrected chi connectivity index (χ3v) is 5.84. The summed E-state index contributed by atoms with van der Waals surface area (Å²) in [5, 5.41) is 0. The van der Waals surface area contributed by atoms with E-state index >= 15 is 0 Å². The molecule has 3 nitrogen and oxygen atoms in total. The van der Waals surface area contributed by atoms with Gasteiger partial charge < -0.3 is 0 Å². The van der Waals surface area contributed by atoms with Crippen LogP contribution in [0.25, 0.3) is 0 Å². The molecular formula is C20H15F4NO2S. The van der Waals surface area contributed by atoms with Gasteiger partial charge in [-0.3, -0.25) is 4.31 Å². The lowest BCUT2D eigenvalue weighted by Crippen LogP contribution is -2.30. The van der Waals surface area contributed by atoms with Gasteiger partial charge in [-0.15, -0.1) is 0 Å². The van der Waals surface area contributed by atoms with Crippen molar-refractivity contribution in [3.05, 3.63) is 95.8 Å². The van der Waals surface area contributed by atoms with Crippen LogP contribution in [0.2, 0.25) is 0 Å². The first-order chi connectivity index (χ1) is 13.2. The maximum atomic E-state index is 13.3.